The maximum absolute atomic E-state index is 14.0. The first-order valence-electron chi connectivity index (χ1n) is 9.06. The molecule has 0 bridgehead atoms. The van der Waals surface area contributed by atoms with E-state index in [1.807, 2.05) is 0 Å². The molecule has 2 aromatic carbocycles. The molecule has 0 saturated carbocycles. The molecule has 7 nitrogen and oxygen atoms in total. The van der Waals surface area contributed by atoms with Crippen molar-refractivity contribution in [3.05, 3.63) is 72.2 Å². The van der Waals surface area contributed by atoms with Crippen molar-refractivity contribution in [2.24, 2.45) is 0 Å². The Bertz CT molecular complexity index is 1390. The second-order valence-corrected chi connectivity index (χ2v) is 10.5. The van der Waals surface area contributed by atoms with Crippen molar-refractivity contribution in [2.75, 3.05) is 0 Å². The van der Waals surface area contributed by atoms with Crippen molar-refractivity contribution in [2.45, 2.75) is 38.9 Å². The van der Waals surface area contributed by atoms with Crippen molar-refractivity contribution in [1.82, 2.24) is 5.32 Å². The zero-order valence-corrected chi connectivity index (χ0v) is 18.3. The zero-order chi connectivity index (χ0) is 24.6. The number of sulfone groups is 2. The molecule has 3 rings (SSSR count). The molecule has 1 aromatic heterocycles. The summed E-state index contributed by atoms with van der Waals surface area (Å²) in [6.07, 6.45) is -4.26. The van der Waals surface area contributed by atoms with E-state index in [1.54, 1.807) is 5.32 Å². The number of hydrogen-bond acceptors (Lipinski definition) is 6. The van der Waals surface area contributed by atoms with E-state index in [1.165, 1.54) is 31.2 Å². The molecular weight excluding hydrogens is 490 g/mol. The molecular formula is C20H15F4NO6S2. The Labute approximate surface area is 185 Å². The van der Waals surface area contributed by atoms with Gasteiger partial charge in [0.2, 0.25) is 24.8 Å². The van der Waals surface area contributed by atoms with Crippen LogP contribution < -0.4 is 5.32 Å². The minimum Gasteiger partial charge on any atom is -0.451 e. The van der Waals surface area contributed by atoms with Gasteiger partial charge in [0.1, 0.15) is 15.6 Å². The summed E-state index contributed by atoms with van der Waals surface area (Å²) in [5, 5.41) is 0.747. The van der Waals surface area contributed by atoms with Crippen LogP contribution in [0.25, 0.3) is 0 Å². The highest BCUT2D eigenvalue weighted by Gasteiger charge is 2.39. The second kappa shape index (κ2) is 8.63. The SMILES string of the molecule is CC(NC(=O)C(F)(F)F)c1ccc(S(=O)(=O)c2ccoc2S(=O)(=O)c2ccccc2F)cc1. The van der Waals surface area contributed by atoms with Crippen molar-refractivity contribution < 1.29 is 43.6 Å². The highest BCUT2D eigenvalue weighted by atomic mass is 32.2. The molecule has 0 aliphatic heterocycles. The van der Waals surface area contributed by atoms with Crippen LogP contribution in [-0.2, 0) is 24.5 Å². The average Bonchev–Trinajstić information content (AvgIpc) is 3.25. The van der Waals surface area contributed by atoms with E-state index in [4.69, 9.17) is 4.42 Å². The first-order valence-corrected chi connectivity index (χ1v) is 12.0. The third-order valence-corrected chi connectivity index (χ3v) is 8.19. The largest absolute Gasteiger partial charge is 0.471 e. The van der Waals surface area contributed by atoms with E-state index >= 15 is 0 Å². The van der Waals surface area contributed by atoms with Gasteiger partial charge in [-0.2, -0.15) is 13.2 Å². The number of carbonyl (C=O) groups is 1. The number of furan rings is 1. The Morgan fingerprint density at radius 2 is 1.52 bits per heavy atom. The molecule has 0 fully saturated rings. The molecule has 1 unspecified atom stereocenters. The first kappa shape index (κ1) is 24.5. The van der Waals surface area contributed by atoms with Crippen molar-refractivity contribution in [1.29, 1.82) is 0 Å². The Morgan fingerprint density at radius 3 is 2.09 bits per heavy atom. The van der Waals surface area contributed by atoms with E-state index in [2.05, 4.69) is 0 Å². The monoisotopic (exact) mass is 505 g/mol. The van der Waals surface area contributed by atoms with Crippen LogP contribution in [0.3, 0.4) is 0 Å². The highest BCUT2D eigenvalue weighted by molar-refractivity contribution is 7.94. The first-order chi connectivity index (χ1) is 15.3. The lowest BCUT2D eigenvalue weighted by molar-refractivity contribution is -0.174. The summed E-state index contributed by atoms with van der Waals surface area (Å²) >= 11 is 0. The van der Waals surface area contributed by atoms with E-state index in [0.717, 1.165) is 36.6 Å². The molecule has 3 aromatic rings. The van der Waals surface area contributed by atoms with Crippen molar-refractivity contribution in [3.8, 4) is 0 Å². The molecule has 0 saturated heterocycles. The van der Waals surface area contributed by atoms with Crippen LogP contribution in [0, 0.1) is 5.82 Å². The summed E-state index contributed by atoms with van der Waals surface area (Å²) in [7, 11) is -9.15. The van der Waals surface area contributed by atoms with Gasteiger partial charge >= 0.3 is 12.1 Å². The fraction of sp³-hybridized carbons (Fsp3) is 0.150. The number of rotatable bonds is 6. The summed E-state index contributed by atoms with van der Waals surface area (Å²) < 4.78 is 108. The minimum atomic E-state index is -5.08. The van der Waals surface area contributed by atoms with Gasteiger partial charge in [0.25, 0.3) is 0 Å². The maximum Gasteiger partial charge on any atom is 0.471 e. The van der Waals surface area contributed by atoms with Crippen molar-refractivity contribution in [3.63, 3.8) is 0 Å². The van der Waals surface area contributed by atoms with Crippen LogP contribution in [0.4, 0.5) is 17.6 Å². The molecule has 1 amide bonds. The number of hydrogen-bond donors (Lipinski definition) is 1. The number of halogens is 4. The average molecular weight is 505 g/mol. The summed E-state index contributed by atoms with van der Waals surface area (Å²) in [5.74, 6) is -3.26. The van der Waals surface area contributed by atoms with Crippen LogP contribution in [0.5, 0.6) is 0 Å². The molecule has 0 aliphatic rings. The lowest BCUT2D eigenvalue weighted by Crippen LogP contribution is -2.38. The third kappa shape index (κ3) is 4.78. The Morgan fingerprint density at radius 1 is 0.909 bits per heavy atom. The minimum absolute atomic E-state index is 0.165. The van der Waals surface area contributed by atoms with Gasteiger partial charge in [0.05, 0.1) is 17.2 Å². The van der Waals surface area contributed by atoms with Gasteiger partial charge in [-0.25, -0.2) is 21.2 Å². The summed E-state index contributed by atoms with van der Waals surface area (Å²) in [4.78, 5) is 9.16. The Kier molecular flexibility index (Phi) is 6.40. The van der Waals surface area contributed by atoms with Crippen LogP contribution in [-0.4, -0.2) is 28.9 Å². The van der Waals surface area contributed by atoms with Gasteiger partial charge in [-0.05, 0) is 42.8 Å². The van der Waals surface area contributed by atoms with Crippen LogP contribution in [0.15, 0.2) is 85.1 Å². The van der Waals surface area contributed by atoms with E-state index < -0.39 is 63.4 Å². The summed E-state index contributed by atoms with van der Waals surface area (Å²) in [6, 6.07) is 8.55. The molecule has 176 valence electrons. The van der Waals surface area contributed by atoms with Gasteiger partial charge in [-0.3, -0.25) is 4.79 Å². The summed E-state index contributed by atoms with van der Waals surface area (Å²) in [5.41, 5.74) is 0.165. The Balaban J connectivity index is 1.95. The quantitative estimate of drug-likeness (QED) is 0.510. The predicted molar refractivity (Wildman–Crippen MR) is 105 cm³/mol. The van der Waals surface area contributed by atoms with Crippen LogP contribution in [0.2, 0.25) is 0 Å². The van der Waals surface area contributed by atoms with Crippen LogP contribution >= 0.6 is 0 Å². The topological polar surface area (TPSA) is 111 Å². The highest BCUT2D eigenvalue weighted by Crippen LogP contribution is 2.33. The standard InChI is InChI=1S/C20H15F4NO6S2/c1-12(25-19(26)20(22,23)24)13-6-8-14(9-7-13)32(27,28)17-10-11-31-18(17)33(29,30)16-5-3-2-4-15(16)21/h2-12H,1H3,(H,25,26). The predicted octanol–water partition coefficient (Wildman–Crippen LogP) is 3.82. The lowest BCUT2D eigenvalue weighted by atomic mass is 10.1. The van der Waals surface area contributed by atoms with Crippen molar-refractivity contribution >= 4 is 25.6 Å². The van der Waals surface area contributed by atoms with E-state index in [0.29, 0.717) is 0 Å². The molecule has 0 aliphatic carbocycles. The number of amides is 1. The van der Waals surface area contributed by atoms with Gasteiger partial charge in [0.15, 0.2) is 0 Å². The van der Waals surface area contributed by atoms with Gasteiger partial charge in [0, 0.05) is 0 Å². The third-order valence-electron chi connectivity index (χ3n) is 4.55. The fourth-order valence-electron chi connectivity index (χ4n) is 2.87. The van der Waals surface area contributed by atoms with E-state index in [-0.39, 0.29) is 5.56 Å². The number of nitrogens with one attached hydrogen (secondary N) is 1. The zero-order valence-electron chi connectivity index (χ0n) is 16.6. The molecule has 1 heterocycles. The van der Waals surface area contributed by atoms with Crippen LogP contribution in [0.1, 0.15) is 18.5 Å². The maximum atomic E-state index is 14.0. The smallest absolute Gasteiger partial charge is 0.451 e. The number of carbonyl (C=O) groups excluding carboxylic acids is 1. The number of alkyl halides is 3. The molecule has 0 spiro atoms. The van der Waals surface area contributed by atoms with Gasteiger partial charge in [-0.15, -0.1) is 0 Å². The van der Waals surface area contributed by atoms with Gasteiger partial charge in [-0.1, -0.05) is 24.3 Å². The summed E-state index contributed by atoms with van der Waals surface area (Å²) in [6.45, 7) is 1.27. The lowest BCUT2D eigenvalue weighted by Gasteiger charge is -2.16. The fourth-order valence-corrected chi connectivity index (χ4v) is 6.07. The number of benzene rings is 2. The Hall–Kier alpha value is -3.19. The van der Waals surface area contributed by atoms with E-state index in [9.17, 15) is 39.2 Å². The van der Waals surface area contributed by atoms with Gasteiger partial charge < -0.3 is 9.73 Å². The molecule has 1 N–H and O–H groups in total. The molecule has 0 radical (unpaired) electrons. The normalized spacial score (nSPS) is 13.5. The molecule has 33 heavy (non-hydrogen) atoms. The molecule has 13 heteroatoms. The second-order valence-electron chi connectivity index (χ2n) is 6.77. The molecule has 1 atom stereocenters.